The van der Waals surface area contributed by atoms with Crippen molar-refractivity contribution >= 4 is 18.2 Å². The number of ketones is 1. The second-order valence-electron chi connectivity index (χ2n) is 8.44. The Morgan fingerprint density at radius 1 is 1.17 bits per heavy atom. The van der Waals surface area contributed by atoms with Crippen molar-refractivity contribution in [1.29, 1.82) is 0 Å². The molecule has 192 valence electrons. The van der Waals surface area contributed by atoms with E-state index in [2.05, 4.69) is 24.1 Å². The van der Waals surface area contributed by atoms with Crippen LogP contribution in [0.25, 0.3) is 0 Å². The van der Waals surface area contributed by atoms with E-state index in [0.717, 1.165) is 12.0 Å². The van der Waals surface area contributed by atoms with Crippen molar-refractivity contribution in [2.75, 3.05) is 0 Å². The van der Waals surface area contributed by atoms with Crippen molar-refractivity contribution in [3.8, 4) is 5.75 Å². The van der Waals surface area contributed by atoms with Gasteiger partial charge in [0.2, 0.25) is 6.29 Å². The number of pyridine rings is 1. The van der Waals surface area contributed by atoms with E-state index >= 15 is 0 Å². The topological polar surface area (TPSA) is 106 Å². The highest BCUT2D eigenvalue weighted by atomic mass is 19.4. The zero-order valence-electron chi connectivity index (χ0n) is 21.8. The van der Waals surface area contributed by atoms with Crippen molar-refractivity contribution < 1.29 is 40.1 Å². The van der Waals surface area contributed by atoms with Gasteiger partial charge in [0.05, 0.1) is 2.74 Å². The number of Topliss-reactive ketones (excluding diaryl/α,β-unsaturated/α-hetero) is 1. The third-order valence-electron chi connectivity index (χ3n) is 4.78. The van der Waals surface area contributed by atoms with E-state index in [1.807, 2.05) is 0 Å². The van der Waals surface area contributed by atoms with Crippen LogP contribution in [0.5, 0.6) is 5.75 Å². The predicted molar refractivity (Wildman–Crippen MR) is 124 cm³/mol. The van der Waals surface area contributed by atoms with E-state index in [0.29, 0.717) is 24.3 Å². The number of benzene rings is 1. The van der Waals surface area contributed by atoms with E-state index in [-0.39, 0.29) is 30.9 Å². The number of carbonyl (C=O) groups is 3. The smallest absolute Gasteiger partial charge is 0.446 e. The van der Waals surface area contributed by atoms with Gasteiger partial charge in [-0.2, -0.15) is 13.2 Å². The van der Waals surface area contributed by atoms with Crippen molar-refractivity contribution in [3.05, 3.63) is 59.9 Å². The average molecular weight is 501 g/mol. The summed E-state index contributed by atoms with van der Waals surface area (Å²) < 4.78 is 52.1. The molecule has 1 atom stereocenters. The number of alkyl carbamates (subject to hydrolysis) is 1. The Morgan fingerprint density at radius 3 is 2.26 bits per heavy atom. The number of rotatable bonds is 10. The van der Waals surface area contributed by atoms with Crippen LogP contribution in [-0.2, 0) is 27.4 Å². The molecule has 1 amide bonds. The molecule has 0 aliphatic carbocycles. The Balaban J connectivity index is 0.00000102. The van der Waals surface area contributed by atoms with Crippen LogP contribution in [0.15, 0.2) is 48.7 Å². The number of phenols is 1. The maximum Gasteiger partial charge on any atom is 0.446 e. The van der Waals surface area contributed by atoms with Gasteiger partial charge in [-0.25, -0.2) is 4.79 Å². The number of halogens is 3. The highest BCUT2D eigenvalue weighted by Crippen LogP contribution is 2.21. The minimum Gasteiger partial charge on any atom is -0.508 e. The summed E-state index contributed by atoms with van der Waals surface area (Å²) in [6, 6.07) is 5.86. The number of carbonyl (C=O) groups excluding carboxylic acids is 3. The fourth-order valence-corrected chi connectivity index (χ4v) is 2.96. The quantitative estimate of drug-likeness (QED) is 0.437. The summed E-state index contributed by atoms with van der Waals surface area (Å²) in [7, 11) is 0. The van der Waals surface area contributed by atoms with Gasteiger partial charge in [0.25, 0.3) is 0 Å². The number of amides is 1. The Hall–Kier alpha value is -3.43. The molecule has 0 aliphatic rings. The Bertz CT molecular complexity index is 1030. The van der Waals surface area contributed by atoms with Crippen LogP contribution in [0.2, 0.25) is 0 Å². The molecule has 1 heterocycles. The maximum atomic E-state index is 13.1. The summed E-state index contributed by atoms with van der Waals surface area (Å²) in [5.41, 5.74) is -0.00407. The molecule has 2 aromatic rings. The number of aromatic nitrogens is 1. The number of nitrogens with one attached hydrogen (secondary N) is 1. The summed E-state index contributed by atoms with van der Waals surface area (Å²) in [4.78, 5) is 38.2. The lowest BCUT2D eigenvalue weighted by atomic mass is 9.85. The molecule has 1 aromatic carbocycles. The van der Waals surface area contributed by atoms with Crippen LogP contribution in [-0.4, -0.2) is 40.0 Å². The number of aldehydes is 1. The fraction of sp³-hybridized carbons (Fsp3) is 0.440. The number of nitrogens with zero attached hydrogens (tertiary/aromatic N) is 1. The van der Waals surface area contributed by atoms with Gasteiger partial charge in [-0.1, -0.05) is 32.4 Å². The predicted octanol–water partition coefficient (Wildman–Crippen LogP) is 5.16. The highest BCUT2D eigenvalue weighted by molar-refractivity contribution is 5.91. The van der Waals surface area contributed by atoms with Gasteiger partial charge in [0, 0.05) is 25.2 Å². The van der Waals surface area contributed by atoms with E-state index in [1.54, 1.807) is 31.5 Å². The second-order valence-corrected chi connectivity index (χ2v) is 8.44. The molecule has 2 N–H and O–H groups in total. The zero-order valence-corrected chi connectivity index (χ0v) is 19.8. The molecule has 2 rings (SSSR count). The van der Waals surface area contributed by atoms with Gasteiger partial charge >= 0.3 is 12.3 Å². The lowest BCUT2D eigenvalue weighted by Crippen LogP contribution is -2.54. The second kappa shape index (κ2) is 14.1. The minimum absolute atomic E-state index is 0.0406. The first-order valence-corrected chi connectivity index (χ1v) is 10.9. The maximum absolute atomic E-state index is 13.1. The molecule has 1 aromatic heterocycles. The van der Waals surface area contributed by atoms with Crippen LogP contribution in [0.3, 0.4) is 0 Å². The van der Waals surface area contributed by atoms with Crippen LogP contribution in [0.4, 0.5) is 18.0 Å². The van der Waals surface area contributed by atoms with Gasteiger partial charge in [-0.05, 0) is 54.6 Å². The molecule has 0 bridgehead atoms. The number of aromatic hydroxyl groups is 1. The van der Waals surface area contributed by atoms with Crippen LogP contribution < -0.4 is 5.32 Å². The summed E-state index contributed by atoms with van der Waals surface area (Å²) in [6.07, 6.45) is -1.28. The zero-order chi connectivity index (χ0) is 28.2. The lowest BCUT2D eigenvalue weighted by molar-refractivity contribution is -0.156. The van der Waals surface area contributed by atoms with Gasteiger partial charge < -0.3 is 15.2 Å². The Morgan fingerprint density at radius 2 is 1.74 bits per heavy atom. The highest BCUT2D eigenvalue weighted by Gasteiger charge is 2.35. The summed E-state index contributed by atoms with van der Waals surface area (Å²) in [6.45, 7) is 5.83. The summed E-state index contributed by atoms with van der Waals surface area (Å²) >= 11 is 0. The first-order chi connectivity index (χ1) is 17.2. The van der Waals surface area contributed by atoms with Crippen molar-refractivity contribution in [1.82, 2.24) is 10.3 Å². The standard InChI is InChI=1S/C23H30N2O4.C2HF3O/c1-17(2)5-4-6-21(27)23(3,15-18-7-9-20(26)10-8-18)25-22(28)29-16-19-11-13-24-14-12-19;3-2(4,5)1-6/h7-14,17,26H,4-6,15-16H2,1-3H3,(H,25,28);1H/t23-;/m0./s1/i9T,10T;. The molecule has 35 heavy (non-hydrogen) atoms. The van der Waals surface area contributed by atoms with Crippen molar-refractivity contribution in [2.45, 2.75) is 64.8 Å². The number of hydrogen-bond donors (Lipinski definition) is 2. The first kappa shape index (κ1) is 26.2. The number of alkyl halides is 3. The molecule has 0 saturated carbocycles. The average Bonchev–Trinajstić information content (AvgIpc) is 2.81. The monoisotopic (exact) mass is 500 g/mol. The Labute approximate surface area is 205 Å². The molecule has 0 spiro atoms. The molecular weight excluding hydrogens is 465 g/mol. The SMILES string of the molecule is O=CC(F)(F)F.[3H]c1cc(C[C@](C)(NC(=O)OCc2ccncc2)C(=O)CCCC(C)C)cc([3H])c1O. The molecular formula is C25H31F3N2O5. The van der Waals surface area contributed by atoms with E-state index < -0.39 is 29.8 Å². The van der Waals surface area contributed by atoms with Crippen LogP contribution in [0, 0.1) is 5.92 Å². The van der Waals surface area contributed by atoms with Gasteiger partial charge in [0.1, 0.15) is 17.9 Å². The molecule has 0 aliphatic heterocycles. The normalized spacial score (nSPS) is 13.5. The third-order valence-corrected chi connectivity index (χ3v) is 4.78. The molecule has 0 radical (unpaired) electrons. The van der Waals surface area contributed by atoms with Gasteiger partial charge in [0.15, 0.2) is 5.78 Å². The molecule has 10 heteroatoms. The Kier molecular flexibility index (Phi) is 10.5. The van der Waals surface area contributed by atoms with Gasteiger partial charge in [-0.15, -0.1) is 0 Å². The number of ether oxygens (including phenoxy) is 1. The van der Waals surface area contributed by atoms with Crippen LogP contribution >= 0.6 is 0 Å². The third kappa shape index (κ3) is 12.6. The van der Waals surface area contributed by atoms with Crippen molar-refractivity contribution in [3.63, 3.8) is 0 Å². The molecule has 7 nitrogen and oxygen atoms in total. The largest absolute Gasteiger partial charge is 0.508 e. The number of hydrogen-bond acceptors (Lipinski definition) is 6. The van der Waals surface area contributed by atoms with Gasteiger partial charge in [-0.3, -0.25) is 14.6 Å². The lowest BCUT2D eigenvalue weighted by Gasteiger charge is -2.29. The molecule has 0 saturated heterocycles. The molecule has 0 unspecified atom stereocenters. The van der Waals surface area contributed by atoms with Crippen molar-refractivity contribution in [2.24, 2.45) is 5.92 Å². The first-order valence-electron chi connectivity index (χ1n) is 11.9. The minimum atomic E-state index is -4.64. The summed E-state index contributed by atoms with van der Waals surface area (Å²) in [5, 5.41) is 12.4. The number of phenolic OH excluding ortho intramolecular Hbond substituents is 1. The fourth-order valence-electron chi connectivity index (χ4n) is 2.96. The van der Waals surface area contributed by atoms with E-state index in [9.17, 15) is 27.9 Å². The van der Waals surface area contributed by atoms with E-state index in [1.165, 1.54) is 12.1 Å². The molecule has 0 fully saturated rings. The van der Waals surface area contributed by atoms with Crippen LogP contribution in [0.1, 0.15) is 53.9 Å². The van der Waals surface area contributed by atoms with E-state index in [4.69, 9.17) is 12.3 Å². The summed E-state index contributed by atoms with van der Waals surface area (Å²) in [5.74, 6) is -0.107.